The van der Waals surface area contributed by atoms with Crippen molar-refractivity contribution < 1.29 is 19.0 Å². The Hall–Kier alpha value is -4.52. The largest absolute Gasteiger partial charge is 0.494 e. The van der Waals surface area contributed by atoms with Crippen molar-refractivity contribution in [3.8, 4) is 11.4 Å². The van der Waals surface area contributed by atoms with Gasteiger partial charge in [0.2, 0.25) is 0 Å². The molecule has 38 heavy (non-hydrogen) atoms. The van der Waals surface area contributed by atoms with Gasteiger partial charge >= 0.3 is 0 Å². The van der Waals surface area contributed by atoms with Gasteiger partial charge in [-0.25, -0.2) is 18.7 Å². The fourth-order valence-electron chi connectivity index (χ4n) is 4.58. The summed E-state index contributed by atoms with van der Waals surface area (Å²) in [6.45, 7) is 0.213. The Balaban J connectivity index is 1.18. The van der Waals surface area contributed by atoms with E-state index < -0.39 is 5.82 Å². The number of aliphatic hydroxyl groups is 1. The molecule has 1 N–H and O–H groups in total. The molecule has 13 heteroatoms. The summed E-state index contributed by atoms with van der Waals surface area (Å²) in [7, 11) is 1.38. The predicted molar refractivity (Wildman–Crippen MR) is 131 cm³/mol. The van der Waals surface area contributed by atoms with E-state index in [0.29, 0.717) is 23.8 Å². The molecule has 0 radical (unpaired) electrons. The summed E-state index contributed by atoms with van der Waals surface area (Å²) in [5.74, 6) is -0.242. The second kappa shape index (κ2) is 9.74. The molecule has 0 spiro atoms. The molecule has 1 fully saturated rings. The molecule has 1 saturated carbocycles. The first-order chi connectivity index (χ1) is 18.5. The number of rotatable bonds is 10. The van der Waals surface area contributed by atoms with Gasteiger partial charge in [0.1, 0.15) is 17.7 Å². The number of aromatic nitrogens is 9. The van der Waals surface area contributed by atoms with Crippen molar-refractivity contribution in [2.45, 2.75) is 44.8 Å². The molecule has 0 saturated heterocycles. The van der Waals surface area contributed by atoms with E-state index >= 15 is 4.39 Å². The number of aliphatic hydroxyl groups excluding tert-OH is 1. The number of tetrazole rings is 1. The topological polar surface area (TPSA) is 138 Å². The van der Waals surface area contributed by atoms with Gasteiger partial charge in [-0.1, -0.05) is 5.21 Å². The molecule has 1 aliphatic rings. The highest BCUT2D eigenvalue weighted by molar-refractivity contribution is 5.94. The molecule has 4 aromatic heterocycles. The summed E-state index contributed by atoms with van der Waals surface area (Å²) >= 11 is 0. The molecular formula is C25H24FN9O3. The zero-order valence-corrected chi connectivity index (χ0v) is 20.5. The standard InChI is InChI=1S/C25H24FN9O3/c1-38-23-7-5-21(35-14-27-30-32-35)19(24(23)26)4-6-22(37)20-12-34(31-29-20)11-18-10-33-9-16(15-2-3-15)8-17(13-36)25(33)28-18/h5,7-10,12,14-15,36H,2-4,6,11,13H2,1H3. The Morgan fingerprint density at radius 1 is 1.21 bits per heavy atom. The van der Waals surface area contributed by atoms with E-state index in [0.717, 1.165) is 24.1 Å². The minimum Gasteiger partial charge on any atom is -0.494 e. The second-order valence-electron chi connectivity index (χ2n) is 9.25. The number of benzene rings is 1. The van der Waals surface area contributed by atoms with Crippen LogP contribution in [-0.2, 0) is 19.6 Å². The van der Waals surface area contributed by atoms with Crippen LogP contribution in [0.4, 0.5) is 4.39 Å². The number of fused-ring (bicyclic) bond motifs is 1. The quantitative estimate of drug-likeness (QED) is 0.277. The molecule has 0 unspecified atom stereocenters. The third-order valence-corrected chi connectivity index (χ3v) is 6.67. The van der Waals surface area contributed by atoms with Gasteiger partial charge in [-0.2, -0.15) is 0 Å². The number of imidazole rings is 1. The van der Waals surface area contributed by atoms with Crippen LogP contribution in [0.3, 0.4) is 0 Å². The van der Waals surface area contributed by atoms with Crippen LogP contribution in [0.25, 0.3) is 11.3 Å². The maximum atomic E-state index is 15.1. The van der Waals surface area contributed by atoms with E-state index in [1.54, 1.807) is 12.3 Å². The van der Waals surface area contributed by atoms with Gasteiger partial charge in [-0.3, -0.25) is 4.79 Å². The van der Waals surface area contributed by atoms with Crippen molar-refractivity contribution in [2.75, 3.05) is 7.11 Å². The van der Waals surface area contributed by atoms with Crippen molar-refractivity contribution in [3.63, 3.8) is 0 Å². The van der Waals surface area contributed by atoms with Crippen LogP contribution in [0.2, 0.25) is 0 Å². The lowest BCUT2D eigenvalue weighted by atomic mass is 10.0. The molecule has 1 aliphatic carbocycles. The number of hydrogen-bond acceptors (Lipinski definition) is 9. The molecule has 5 aromatic rings. The average Bonchev–Trinajstić information content (AvgIpc) is 3.28. The lowest BCUT2D eigenvalue weighted by molar-refractivity contribution is 0.0977. The fourth-order valence-corrected chi connectivity index (χ4v) is 4.58. The number of carbonyl (C=O) groups excluding carboxylic acids is 1. The monoisotopic (exact) mass is 517 g/mol. The molecule has 0 aliphatic heterocycles. The third kappa shape index (κ3) is 4.52. The summed E-state index contributed by atoms with van der Waals surface area (Å²) in [6.07, 6.45) is 9.27. The first kappa shape index (κ1) is 23.9. The number of halogens is 1. The first-order valence-electron chi connectivity index (χ1n) is 12.2. The summed E-state index contributed by atoms with van der Waals surface area (Å²) in [5.41, 5.74) is 4.25. The summed E-state index contributed by atoms with van der Waals surface area (Å²) in [5, 5.41) is 29.0. The van der Waals surface area contributed by atoms with Crippen molar-refractivity contribution in [1.29, 1.82) is 0 Å². The number of ether oxygens (including phenoxy) is 1. The molecule has 4 heterocycles. The number of ketones is 1. The number of Topliss-reactive ketones (excluding diaryl/α,β-unsaturated/α-hetero) is 1. The van der Waals surface area contributed by atoms with Crippen LogP contribution < -0.4 is 4.74 Å². The minimum atomic E-state index is -0.573. The van der Waals surface area contributed by atoms with Crippen LogP contribution in [0, 0.1) is 5.82 Å². The summed E-state index contributed by atoms with van der Waals surface area (Å²) < 4.78 is 25.0. The molecule has 0 atom stereocenters. The van der Waals surface area contributed by atoms with Crippen LogP contribution in [0.15, 0.2) is 43.1 Å². The van der Waals surface area contributed by atoms with E-state index in [2.05, 4.69) is 37.0 Å². The maximum absolute atomic E-state index is 15.1. The Morgan fingerprint density at radius 3 is 2.82 bits per heavy atom. The molecule has 0 bridgehead atoms. The number of pyridine rings is 1. The number of nitrogens with zero attached hydrogens (tertiary/aromatic N) is 9. The smallest absolute Gasteiger partial charge is 0.185 e. The average molecular weight is 518 g/mol. The number of carbonyl (C=O) groups is 1. The van der Waals surface area contributed by atoms with Crippen LogP contribution in [-0.4, -0.2) is 62.6 Å². The Labute approximate surface area is 215 Å². The Morgan fingerprint density at radius 2 is 2.08 bits per heavy atom. The normalized spacial score (nSPS) is 13.3. The maximum Gasteiger partial charge on any atom is 0.185 e. The predicted octanol–water partition coefficient (Wildman–Crippen LogP) is 2.28. The summed E-state index contributed by atoms with van der Waals surface area (Å²) in [6, 6.07) is 5.14. The van der Waals surface area contributed by atoms with Gasteiger partial charge in [0.05, 0.1) is 37.8 Å². The molecular weight excluding hydrogens is 493 g/mol. The first-order valence-corrected chi connectivity index (χ1v) is 12.2. The fraction of sp³-hybridized carbons (Fsp3) is 0.320. The third-order valence-electron chi connectivity index (χ3n) is 6.67. The summed E-state index contributed by atoms with van der Waals surface area (Å²) in [4.78, 5) is 17.6. The lowest BCUT2D eigenvalue weighted by Gasteiger charge is -2.12. The zero-order valence-electron chi connectivity index (χ0n) is 20.5. The van der Waals surface area contributed by atoms with E-state index in [4.69, 9.17) is 4.74 Å². The van der Waals surface area contributed by atoms with Gasteiger partial charge in [0, 0.05) is 29.9 Å². The highest BCUT2D eigenvalue weighted by Crippen LogP contribution is 2.40. The van der Waals surface area contributed by atoms with E-state index in [-0.39, 0.29) is 42.2 Å². The van der Waals surface area contributed by atoms with Gasteiger partial charge in [0.25, 0.3) is 0 Å². The highest BCUT2D eigenvalue weighted by Gasteiger charge is 2.25. The van der Waals surface area contributed by atoms with E-state index in [1.807, 2.05) is 16.7 Å². The minimum absolute atomic E-state index is 0.00389. The zero-order chi connectivity index (χ0) is 26.2. The van der Waals surface area contributed by atoms with Crippen molar-refractivity contribution in [3.05, 3.63) is 77.0 Å². The van der Waals surface area contributed by atoms with E-state index in [1.165, 1.54) is 34.4 Å². The molecule has 0 amide bonds. The van der Waals surface area contributed by atoms with Crippen LogP contribution in [0.5, 0.6) is 5.75 Å². The number of methoxy groups -OCH3 is 1. The second-order valence-corrected chi connectivity index (χ2v) is 9.25. The molecule has 1 aromatic carbocycles. The van der Waals surface area contributed by atoms with E-state index in [9.17, 15) is 9.90 Å². The van der Waals surface area contributed by atoms with Crippen molar-refractivity contribution in [1.82, 2.24) is 44.6 Å². The van der Waals surface area contributed by atoms with Crippen LogP contribution in [0.1, 0.15) is 58.1 Å². The van der Waals surface area contributed by atoms with Gasteiger partial charge < -0.3 is 14.2 Å². The Bertz CT molecular complexity index is 1620. The Kier molecular flexibility index (Phi) is 6.12. The van der Waals surface area contributed by atoms with Crippen molar-refractivity contribution in [2.24, 2.45) is 0 Å². The molecule has 12 nitrogen and oxygen atoms in total. The SMILES string of the molecule is COc1ccc(-n2cnnn2)c(CCC(=O)c2cn(Cc3cn4cc(C5CC5)cc(CO)c4n3)nn2)c1F. The van der Waals surface area contributed by atoms with Crippen LogP contribution >= 0.6 is 0 Å². The molecule has 194 valence electrons. The van der Waals surface area contributed by atoms with Gasteiger partial charge in [-0.05, 0) is 59.4 Å². The lowest BCUT2D eigenvalue weighted by Crippen LogP contribution is -2.08. The van der Waals surface area contributed by atoms with Gasteiger partial charge in [-0.15, -0.1) is 10.2 Å². The van der Waals surface area contributed by atoms with Gasteiger partial charge in [0.15, 0.2) is 17.3 Å². The molecule has 6 rings (SSSR count). The van der Waals surface area contributed by atoms with Crippen molar-refractivity contribution >= 4 is 11.4 Å². The number of hydrogen-bond donors (Lipinski definition) is 1. The highest BCUT2D eigenvalue weighted by atomic mass is 19.1.